The summed E-state index contributed by atoms with van der Waals surface area (Å²) in [6, 6.07) is 16.9. The minimum atomic E-state index is 0.109. The Morgan fingerprint density at radius 2 is 1.97 bits per heavy atom. The van der Waals surface area contributed by atoms with Crippen LogP contribution in [0.3, 0.4) is 0 Å². The maximum absolute atomic E-state index is 13.1. The minimum absolute atomic E-state index is 0.109. The Hall–Kier alpha value is -2.86. The number of thioether (sulfide) groups is 1. The molecule has 5 rings (SSSR count). The second kappa shape index (κ2) is 6.88. The highest BCUT2D eigenvalue weighted by atomic mass is 32.2. The monoisotopic (exact) mass is 402 g/mol. The van der Waals surface area contributed by atoms with Crippen molar-refractivity contribution in [1.29, 1.82) is 0 Å². The Morgan fingerprint density at radius 1 is 1.14 bits per heavy atom. The summed E-state index contributed by atoms with van der Waals surface area (Å²) in [6.45, 7) is 6.23. The number of hydrogen-bond acceptors (Lipinski definition) is 4. The van der Waals surface area contributed by atoms with E-state index in [0.717, 1.165) is 39.4 Å². The van der Waals surface area contributed by atoms with E-state index in [1.165, 1.54) is 22.9 Å². The van der Waals surface area contributed by atoms with Crippen LogP contribution in [0.5, 0.6) is 0 Å². The molecule has 2 aromatic heterocycles. The first-order chi connectivity index (χ1) is 14.0. The van der Waals surface area contributed by atoms with Gasteiger partial charge in [-0.05, 0) is 67.5 Å². The molecule has 0 fully saturated rings. The quantitative estimate of drug-likeness (QED) is 0.471. The molecule has 0 saturated carbocycles. The average molecular weight is 403 g/mol. The number of hydrogen-bond donors (Lipinski definition) is 0. The summed E-state index contributed by atoms with van der Waals surface area (Å²) in [4.78, 5) is 15.0. The molecule has 1 atom stereocenters. The van der Waals surface area contributed by atoms with E-state index in [-0.39, 0.29) is 11.9 Å². The topological polar surface area (TPSA) is 50.5 Å². The first-order valence-electron chi connectivity index (χ1n) is 9.81. The number of carbonyl (C=O) groups is 1. The number of nitrogens with zero attached hydrogens (tertiary/aromatic N) is 4. The number of pyridine rings is 1. The van der Waals surface area contributed by atoms with Gasteiger partial charge in [0.15, 0.2) is 10.8 Å². The Labute approximate surface area is 173 Å². The number of fused-ring (bicyclic) bond motifs is 4. The smallest absolute Gasteiger partial charge is 0.237 e. The van der Waals surface area contributed by atoms with Gasteiger partial charge in [0.1, 0.15) is 0 Å². The predicted octanol–water partition coefficient (Wildman–Crippen LogP) is 4.57. The number of carbonyl (C=O) groups excluding carboxylic acids is 1. The summed E-state index contributed by atoms with van der Waals surface area (Å²) in [5, 5.41) is 10.7. The molecular weight excluding hydrogens is 380 g/mol. The van der Waals surface area contributed by atoms with Gasteiger partial charge in [0.05, 0.1) is 11.3 Å². The number of benzene rings is 2. The third-order valence-corrected chi connectivity index (χ3v) is 6.50. The fourth-order valence-electron chi connectivity index (χ4n) is 4.24. The number of para-hydroxylation sites is 1. The zero-order valence-electron chi connectivity index (χ0n) is 16.7. The Morgan fingerprint density at radius 3 is 2.83 bits per heavy atom. The zero-order chi connectivity index (χ0) is 20.1. The van der Waals surface area contributed by atoms with Crippen molar-refractivity contribution < 1.29 is 4.79 Å². The van der Waals surface area contributed by atoms with Gasteiger partial charge in [-0.1, -0.05) is 42.1 Å². The number of aryl methyl sites for hydroxylation is 2. The highest BCUT2D eigenvalue weighted by Gasteiger charge is 2.30. The van der Waals surface area contributed by atoms with Crippen molar-refractivity contribution in [3.05, 3.63) is 65.2 Å². The number of anilines is 1. The molecule has 1 unspecified atom stereocenters. The summed E-state index contributed by atoms with van der Waals surface area (Å²) in [6.07, 6.45) is 0.906. The second-order valence-electron chi connectivity index (χ2n) is 7.77. The second-order valence-corrected chi connectivity index (χ2v) is 8.71. The first-order valence-corrected chi connectivity index (χ1v) is 10.8. The Bertz CT molecular complexity index is 1260. The van der Waals surface area contributed by atoms with Crippen molar-refractivity contribution in [3.63, 3.8) is 0 Å². The van der Waals surface area contributed by atoms with Crippen molar-refractivity contribution in [1.82, 2.24) is 14.6 Å². The van der Waals surface area contributed by atoms with Crippen LogP contribution in [0, 0.1) is 13.8 Å². The van der Waals surface area contributed by atoms with E-state index in [1.54, 1.807) is 0 Å². The molecule has 29 heavy (non-hydrogen) atoms. The van der Waals surface area contributed by atoms with E-state index in [9.17, 15) is 4.79 Å². The normalized spacial score (nSPS) is 16.0. The third kappa shape index (κ3) is 2.99. The predicted molar refractivity (Wildman–Crippen MR) is 118 cm³/mol. The molecule has 0 saturated heterocycles. The molecule has 3 heterocycles. The van der Waals surface area contributed by atoms with Crippen LogP contribution in [0.25, 0.3) is 16.6 Å². The molecule has 1 amide bonds. The van der Waals surface area contributed by atoms with Crippen LogP contribution in [-0.2, 0) is 11.2 Å². The molecule has 0 aliphatic carbocycles. The average Bonchev–Trinajstić information content (AvgIpc) is 3.28. The molecule has 146 valence electrons. The van der Waals surface area contributed by atoms with Gasteiger partial charge < -0.3 is 4.90 Å². The van der Waals surface area contributed by atoms with Crippen LogP contribution in [0.15, 0.2) is 53.7 Å². The van der Waals surface area contributed by atoms with Gasteiger partial charge in [-0.25, -0.2) is 0 Å². The molecule has 5 nitrogen and oxygen atoms in total. The van der Waals surface area contributed by atoms with Crippen LogP contribution in [0.4, 0.5) is 5.69 Å². The summed E-state index contributed by atoms with van der Waals surface area (Å²) in [7, 11) is 0. The van der Waals surface area contributed by atoms with Crippen molar-refractivity contribution in [2.24, 2.45) is 0 Å². The SMILES string of the molecule is Cc1ccc2cc(C)c3nnc(SCC(=O)N4c5ccccc5CC4C)n3c2c1. The van der Waals surface area contributed by atoms with Crippen molar-refractivity contribution in [2.75, 3.05) is 10.7 Å². The lowest BCUT2D eigenvalue weighted by molar-refractivity contribution is -0.116. The fraction of sp³-hybridized carbons (Fsp3) is 0.261. The Balaban J connectivity index is 1.48. The molecule has 0 N–H and O–H groups in total. The molecule has 4 aromatic rings. The van der Waals surface area contributed by atoms with Gasteiger partial charge in [0.2, 0.25) is 5.91 Å². The zero-order valence-corrected chi connectivity index (χ0v) is 17.5. The van der Waals surface area contributed by atoms with E-state index >= 15 is 0 Å². The van der Waals surface area contributed by atoms with Crippen molar-refractivity contribution in [3.8, 4) is 0 Å². The molecule has 2 aromatic carbocycles. The van der Waals surface area contributed by atoms with Gasteiger partial charge in [-0.3, -0.25) is 9.20 Å². The summed E-state index contributed by atoms with van der Waals surface area (Å²) < 4.78 is 2.08. The highest BCUT2D eigenvalue weighted by molar-refractivity contribution is 7.99. The number of aromatic nitrogens is 3. The summed E-state index contributed by atoms with van der Waals surface area (Å²) >= 11 is 1.46. The lowest BCUT2D eigenvalue weighted by Gasteiger charge is -2.22. The molecule has 1 aliphatic heterocycles. The van der Waals surface area contributed by atoms with Crippen molar-refractivity contribution in [2.45, 2.75) is 38.4 Å². The third-order valence-electron chi connectivity index (χ3n) is 5.59. The van der Waals surface area contributed by atoms with E-state index in [1.807, 2.05) is 30.0 Å². The highest BCUT2D eigenvalue weighted by Crippen LogP contribution is 2.33. The minimum Gasteiger partial charge on any atom is -0.308 e. The van der Waals surface area contributed by atoms with E-state index in [0.29, 0.717) is 5.75 Å². The van der Waals surface area contributed by atoms with Gasteiger partial charge in [0, 0.05) is 11.7 Å². The molecule has 1 aliphatic rings. The van der Waals surface area contributed by atoms with Gasteiger partial charge in [-0.15, -0.1) is 10.2 Å². The van der Waals surface area contributed by atoms with Gasteiger partial charge in [0.25, 0.3) is 0 Å². The lowest BCUT2D eigenvalue weighted by atomic mass is 10.1. The van der Waals surface area contributed by atoms with E-state index in [4.69, 9.17) is 0 Å². The maximum atomic E-state index is 13.1. The molecule has 0 radical (unpaired) electrons. The molecule has 6 heteroatoms. The Kier molecular flexibility index (Phi) is 4.32. The largest absolute Gasteiger partial charge is 0.308 e. The van der Waals surface area contributed by atoms with Crippen LogP contribution < -0.4 is 4.90 Å². The molecule has 0 bridgehead atoms. The maximum Gasteiger partial charge on any atom is 0.237 e. The molecular formula is C23H22N4OS. The van der Waals surface area contributed by atoms with Crippen LogP contribution in [0.2, 0.25) is 0 Å². The van der Waals surface area contributed by atoms with Crippen LogP contribution in [-0.4, -0.2) is 32.3 Å². The standard InChI is InChI=1S/C23H22N4OS/c1-14-8-9-18-11-15(2)22-24-25-23(27(22)20(18)10-14)29-13-21(28)26-16(3)12-17-6-4-5-7-19(17)26/h4-11,16H,12-13H2,1-3H3. The van der Waals surface area contributed by atoms with Crippen LogP contribution in [0.1, 0.15) is 23.6 Å². The first kappa shape index (κ1) is 18.2. The number of rotatable bonds is 3. The van der Waals surface area contributed by atoms with Gasteiger partial charge in [-0.2, -0.15) is 0 Å². The number of amides is 1. The lowest BCUT2D eigenvalue weighted by Crippen LogP contribution is -2.37. The fourth-order valence-corrected chi connectivity index (χ4v) is 5.05. The van der Waals surface area contributed by atoms with E-state index < -0.39 is 0 Å². The van der Waals surface area contributed by atoms with Crippen molar-refractivity contribution >= 4 is 39.9 Å². The van der Waals surface area contributed by atoms with Crippen LogP contribution >= 0.6 is 11.8 Å². The van der Waals surface area contributed by atoms with Gasteiger partial charge >= 0.3 is 0 Å². The summed E-state index contributed by atoms with van der Waals surface area (Å²) in [5.41, 5.74) is 6.46. The van der Waals surface area contributed by atoms with E-state index in [2.05, 4.69) is 58.8 Å². The molecule has 0 spiro atoms. The summed E-state index contributed by atoms with van der Waals surface area (Å²) in [5.74, 6) is 0.443.